The fourth-order valence-corrected chi connectivity index (χ4v) is 3.30. The first kappa shape index (κ1) is 21.6. The summed E-state index contributed by atoms with van der Waals surface area (Å²) in [5, 5.41) is 2.92. The molecular formula is C23H32N3O2+. The monoisotopic (exact) mass is 382 g/mol. The Morgan fingerprint density at radius 2 is 1.64 bits per heavy atom. The van der Waals surface area contributed by atoms with E-state index in [2.05, 4.69) is 37.4 Å². The maximum atomic E-state index is 12.4. The molecule has 2 amide bonds. The van der Waals surface area contributed by atoms with Gasteiger partial charge in [-0.05, 0) is 57.5 Å². The molecule has 0 saturated carbocycles. The number of nitrogens with one attached hydrogen (secondary N) is 2. The molecule has 2 aromatic carbocycles. The van der Waals surface area contributed by atoms with Gasteiger partial charge in [0, 0.05) is 29.9 Å². The summed E-state index contributed by atoms with van der Waals surface area (Å²) in [5.74, 6) is -0.0226. The van der Waals surface area contributed by atoms with Crippen molar-refractivity contribution in [1.82, 2.24) is 4.90 Å². The van der Waals surface area contributed by atoms with E-state index in [0.717, 1.165) is 11.4 Å². The highest BCUT2D eigenvalue weighted by atomic mass is 16.2. The van der Waals surface area contributed by atoms with E-state index in [1.807, 2.05) is 20.9 Å². The van der Waals surface area contributed by atoms with Crippen LogP contribution < -0.4 is 10.2 Å². The SMILES string of the molecule is CCN(CC)C(=O)c1ccc(NC(=O)C[NH+](C)Cc2ccc(C)cc2C)cc1. The first-order valence-electron chi connectivity index (χ1n) is 9.90. The lowest BCUT2D eigenvalue weighted by Gasteiger charge is -2.18. The zero-order valence-corrected chi connectivity index (χ0v) is 17.6. The molecule has 0 aliphatic heterocycles. The van der Waals surface area contributed by atoms with E-state index in [-0.39, 0.29) is 11.8 Å². The van der Waals surface area contributed by atoms with Crippen molar-refractivity contribution in [2.45, 2.75) is 34.2 Å². The first-order chi connectivity index (χ1) is 13.3. The quantitative estimate of drug-likeness (QED) is 0.737. The maximum Gasteiger partial charge on any atom is 0.279 e. The zero-order chi connectivity index (χ0) is 20.7. The molecule has 1 unspecified atom stereocenters. The van der Waals surface area contributed by atoms with E-state index < -0.39 is 0 Å². The fraction of sp³-hybridized carbons (Fsp3) is 0.391. The predicted octanol–water partition coefficient (Wildman–Crippen LogP) is 2.44. The molecule has 2 aromatic rings. The lowest BCUT2D eigenvalue weighted by atomic mass is 10.1. The van der Waals surface area contributed by atoms with E-state index in [4.69, 9.17) is 0 Å². The van der Waals surface area contributed by atoms with Gasteiger partial charge in [0.05, 0.1) is 7.05 Å². The third kappa shape index (κ3) is 5.92. The highest BCUT2D eigenvalue weighted by molar-refractivity contribution is 5.96. The molecule has 0 saturated heterocycles. The summed E-state index contributed by atoms with van der Waals surface area (Å²) >= 11 is 0. The standard InChI is InChI=1S/C23H31N3O2/c1-6-26(7-2)23(28)19-10-12-21(13-11-19)24-22(27)16-25(5)15-20-9-8-17(3)14-18(20)4/h8-14H,6-7,15-16H2,1-5H3,(H,24,27)/p+1. The molecule has 0 aliphatic carbocycles. The maximum absolute atomic E-state index is 12.4. The van der Waals surface area contributed by atoms with Gasteiger partial charge in [0.15, 0.2) is 6.54 Å². The molecule has 0 spiro atoms. The topological polar surface area (TPSA) is 53.9 Å². The lowest BCUT2D eigenvalue weighted by Crippen LogP contribution is -3.08. The van der Waals surface area contributed by atoms with Crippen LogP contribution in [0.3, 0.4) is 0 Å². The van der Waals surface area contributed by atoms with Crippen molar-refractivity contribution in [3.05, 3.63) is 64.7 Å². The molecule has 28 heavy (non-hydrogen) atoms. The van der Waals surface area contributed by atoms with Crippen molar-refractivity contribution in [3.63, 3.8) is 0 Å². The summed E-state index contributed by atoms with van der Waals surface area (Å²) in [6, 6.07) is 13.5. The minimum absolute atomic E-state index is 0.0144. The van der Waals surface area contributed by atoms with Gasteiger partial charge in [-0.1, -0.05) is 23.8 Å². The molecule has 0 aromatic heterocycles. The molecule has 0 aliphatic rings. The zero-order valence-electron chi connectivity index (χ0n) is 17.6. The summed E-state index contributed by atoms with van der Waals surface area (Å²) < 4.78 is 0. The number of benzene rings is 2. The highest BCUT2D eigenvalue weighted by Gasteiger charge is 2.14. The third-order valence-corrected chi connectivity index (χ3v) is 4.92. The Kier molecular flexibility index (Phi) is 7.76. The van der Waals surface area contributed by atoms with Crippen molar-refractivity contribution in [1.29, 1.82) is 0 Å². The average molecular weight is 383 g/mol. The summed E-state index contributed by atoms with van der Waals surface area (Å²) in [6.45, 7) is 10.7. The predicted molar refractivity (Wildman–Crippen MR) is 114 cm³/mol. The molecular weight excluding hydrogens is 350 g/mol. The van der Waals surface area contributed by atoms with Crippen molar-refractivity contribution >= 4 is 17.5 Å². The smallest absolute Gasteiger partial charge is 0.279 e. The Labute approximate surface area is 168 Å². The van der Waals surface area contributed by atoms with Gasteiger partial charge < -0.3 is 15.1 Å². The van der Waals surface area contributed by atoms with Crippen LogP contribution in [0, 0.1) is 13.8 Å². The van der Waals surface area contributed by atoms with Gasteiger partial charge in [-0.15, -0.1) is 0 Å². The van der Waals surface area contributed by atoms with Gasteiger partial charge in [0.1, 0.15) is 6.54 Å². The van der Waals surface area contributed by atoms with Gasteiger partial charge in [-0.3, -0.25) is 9.59 Å². The number of quaternary nitrogens is 1. The van der Waals surface area contributed by atoms with Crippen LogP contribution in [-0.2, 0) is 11.3 Å². The summed E-state index contributed by atoms with van der Waals surface area (Å²) in [7, 11) is 2.02. The van der Waals surface area contributed by atoms with Crippen LogP contribution in [0.1, 0.15) is 40.9 Å². The van der Waals surface area contributed by atoms with E-state index in [0.29, 0.717) is 30.9 Å². The van der Waals surface area contributed by atoms with Gasteiger partial charge >= 0.3 is 0 Å². The number of rotatable bonds is 8. The molecule has 0 heterocycles. The second-order valence-corrected chi connectivity index (χ2v) is 7.34. The van der Waals surface area contributed by atoms with Crippen LogP contribution in [0.4, 0.5) is 5.69 Å². The van der Waals surface area contributed by atoms with Crippen molar-refractivity contribution in [2.24, 2.45) is 0 Å². The minimum atomic E-state index is -0.0370. The largest absolute Gasteiger partial charge is 0.339 e. The normalized spacial score (nSPS) is 11.8. The van der Waals surface area contributed by atoms with Crippen LogP contribution in [0.25, 0.3) is 0 Å². The van der Waals surface area contributed by atoms with Gasteiger partial charge in [-0.25, -0.2) is 0 Å². The Morgan fingerprint density at radius 1 is 1.00 bits per heavy atom. The van der Waals surface area contributed by atoms with Gasteiger partial charge in [0.2, 0.25) is 0 Å². The first-order valence-corrected chi connectivity index (χ1v) is 9.90. The average Bonchev–Trinajstić information content (AvgIpc) is 2.65. The summed E-state index contributed by atoms with van der Waals surface area (Å²) in [5.41, 5.74) is 5.11. The highest BCUT2D eigenvalue weighted by Crippen LogP contribution is 2.12. The van der Waals surface area contributed by atoms with E-state index in [9.17, 15) is 9.59 Å². The molecule has 2 rings (SSSR count). The van der Waals surface area contributed by atoms with Crippen molar-refractivity contribution < 1.29 is 14.5 Å². The lowest BCUT2D eigenvalue weighted by molar-refractivity contribution is -0.885. The number of carbonyl (C=O) groups excluding carboxylic acids is 2. The van der Waals surface area contributed by atoms with Gasteiger partial charge in [0.25, 0.3) is 11.8 Å². The number of amides is 2. The molecule has 5 heteroatoms. The van der Waals surface area contributed by atoms with Crippen LogP contribution in [0.2, 0.25) is 0 Å². The molecule has 150 valence electrons. The third-order valence-electron chi connectivity index (χ3n) is 4.92. The van der Waals surface area contributed by atoms with Crippen molar-refractivity contribution in [3.8, 4) is 0 Å². The number of aryl methyl sites for hydroxylation is 2. The number of hydrogen-bond donors (Lipinski definition) is 2. The van der Waals surface area contributed by atoms with Crippen LogP contribution in [0.5, 0.6) is 0 Å². The van der Waals surface area contributed by atoms with Crippen molar-refractivity contribution in [2.75, 3.05) is 32.0 Å². The Bertz CT molecular complexity index is 811. The van der Waals surface area contributed by atoms with Crippen LogP contribution >= 0.6 is 0 Å². The second-order valence-electron chi connectivity index (χ2n) is 7.34. The van der Waals surface area contributed by atoms with E-state index in [1.54, 1.807) is 29.2 Å². The second kappa shape index (κ2) is 10.0. The van der Waals surface area contributed by atoms with E-state index in [1.165, 1.54) is 16.7 Å². The van der Waals surface area contributed by atoms with Crippen LogP contribution in [-0.4, -0.2) is 43.4 Å². The number of carbonyl (C=O) groups is 2. The molecule has 0 radical (unpaired) electrons. The Hall–Kier alpha value is -2.66. The molecule has 0 fully saturated rings. The van der Waals surface area contributed by atoms with E-state index >= 15 is 0 Å². The number of hydrogen-bond acceptors (Lipinski definition) is 2. The van der Waals surface area contributed by atoms with Gasteiger partial charge in [-0.2, -0.15) is 0 Å². The summed E-state index contributed by atoms with van der Waals surface area (Å²) in [6.07, 6.45) is 0. The summed E-state index contributed by atoms with van der Waals surface area (Å²) in [4.78, 5) is 27.6. The fourth-order valence-electron chi connectivity index (χ4n) is 3.30. The Balaban J connectivity index is 1.91. The molecule has 1 atom stereocenters. The minimum Gasteiger partial charge on any atom is -0.339 e. The molecule has 5 nitrogen and oxygen atoms in total. The number of anilines is 1. The van der Waals surface area contributed by atoms with Crippen LogP contribution in [0.15, 0.2) is 42.5 Å². The molecule has 2 N–H and O–H groups in total. The number of likely N-dealkylation sites (N-methyl/N-ethyl adjacent to an activating group) is 1. The molecule has 0 bridgehead atoms. The Morgan fingerprint density at radius 3 is 2.21 bits per heavy atom. The number of nitrogens with zero attached hydrogens (tertiary/aromatic N) is 1.